The van der Waals surface area contributed by atoms with Gasteiger partial charge in [-0.25, -0.2) is 9.67 Å². The molecule has 2 aromatic heterocycles. The van der Waals surface area contributed by atoms with Gasteiger partial charge < -0.3 is 15.8 Å². The molecule has 6 nitrogen and oxygen atoms in total. The number of rotatable bonds is 7. The standard InChI is InChI=1S/C18H25N5O/c1-3-12(4-2)11-15-16(17(19)23(22-15)9-10-24)18-20-13-7-5-6-8-14(13)21-18/h5-8,12,24H,3-4,9-11,19H2,1-2H3,(H,20,21). The zero-order valence-corrected chi connectivity index (χ0v) is 14.3. The number of hydrogen-bond donors (Lipinski definition) is 3. The van der Waals surface area contributed by atoms with E-state index in [1.807, 2.05) is 24.3 Å². The maximum absolute atomic E-state index is 9.26. The van der Waals surface area contributed by atoms with Crippen molar-refractivity contribution in [2.75, 3.05) is 12.3 Å². The van der Waals surface area contributed by atoms with Crippen LogP contribution in [0.3, 0.4) is 0 Å². The quantitative estimate of drug-likeness (QED) is 0.622. The number of anilines is 1. The summed E-state index contributed by atoms with van der Waals surface area (Å²) in [6.07, 6.45) is 3.06. The second-order valence-electron chi connectivity index (χ2n) is 6.14. The van der Waals surface area contributed by atoms with Crippen LogP contribution in [0.2, 0.25) is 0 Å². The molecular formula is C18H25N5O. The summed E-state index contributed by atoms with van der Waals surface area (Å²) in [7, 11) is 0. The van der Waals surface area contributed by atoms with Crippen LogP contribution in [-0.2, 0) is 13.0 Å². The number of nitrogens with zero attached hydrogens (tertiary/aromatic N) is 3. The highest BCUT2D eigenvalue weighted by Gasteiger charge is 2.22. The van der Waals surface area contributed by atoms with Crippen LogP contribution in [0.15, 0.2) is 24.3 Å². The van der Waals surface area contributed by atoms with Gasteiger partial charge >= 0.3 is 0 Å². The monoisotopic (exact) mass is 327 g/mol. The molecule has 0 saturated carbocycles. The lowest BCUT2D eigenvalue weighted by Gasteiger charge is -2.10. The smallest absolute Gasteiger partial charge is 0.144 e. The van der Waals surface area contributed by atoms with E-state index in [1.165, 1.54) is 0 Å². The summed E-state index contributed by atoms with van der Waals surface area (Å²) >= 11 is 0. The first-order valence-electron chi connectivity index (χ1n) is 8.59. The van der Waals surface area contributed by atoms with Crippen molar-refractivity contribution < 1.29 is 5.11 Å². The zero-order chi connectivity index (χ0) is 17.1. The molecule has 0 fully saturated rings. The van der Waals surface area contributed by atoms with Crippen molar-refractivity contribution in [1.82, 2.24) is 19.7 Å². The van der Waals surface area contributed by atoms with Crippen LogP contribution in [0.5, 0.6) is 0 Å². The van der Waals surface area contributed by atoms with Gasteiger partial charge in [0.25, 0.3) is 0 Å². The summed E-state index contributed by atoms with van der Waals surface area (Å²) in [4.78, 5) is 8.04. The maximum atomic E-state index is 9.26. The second kappa shape index (κ2) is 7.05. The number of para-hydroxylation sites is 2. The van der Waals surface area contributed by atoms with Crippen LogP contribution in [0.4, 0.5) is 5.82 Å². The summed E-state index contributed by atoms with van der Waals surface area (Å²) in [6.45, 7) is 4.80. The summed E-state index contributed by atoms with van der Waals surface area (Å²) < 4.78 is 1.68. The number of benzene rings is 1. The first-order chi connectivity index (χ1) is 11.7. The van der Waals surface area contributed by atoms with Crippen LogP contribution >= 0.6 is 0 Å². The predicted molar refractivity (Wildman–Crippen MR) is 96.6 cm³/mol. The number of nitrogens with two attached hydrogens (primary N) is 1. The van der Waals surface area contributed by atoms with Crippen molar-refractivity contribution in [1.29, 1.82) is 0 Å². The number of aliphatic hydroxyl groups is 1. The van der Waals surface area contributed by atoms with Crippen molar-refractivity contribution in [3.63, 3.8) is 0 Å². The Hall–Kier alpha value is -2.34. The van der Waals surface area contributed by atoms with E-state index in [4.69, 9.17) is 5.73 Å². The van der Waals surface area contributed by atoms with Crippen LogP contribution in [-0.4, -0.2) is 31.5 Å². The fourth-order valence-corrected chi connectivity index (χ4v) is 3.11. The number of imidazole rings is 1. The van der Waals surface area contributed by atoms with Gasteiger partial charge in [0.2, 0.25) is 0 Å². The number of aromatic amines is 1. The number of fused-ring (bicyclic) bond motifs is 1. The molecule has 0 saturated heterocycles. The maximum Gasteiger partial charge on any atom is 0.144 e. The summed E-state index contributed by atoms with van der Waals surface area (Å²) in [5.41, 5.74) is 10.0. The van der Waals surface area contributed by atoms with Crippen LogP contribution in [0.1, 0.15) is 32.4 Å². The van der Waals surface area contributed by atoms with Crippen LogP contribution in [0.25, 0.3) is 22.4 Å². The fourth-order valence-electron chi connectivity index (χ4n) is 3.11. The van der Waals surface area contributed by atoms with E-state index in [0.717, 1.165) is 47.4 Å². The Kier molecular flexibility index (Phi) is 4.85. The van der Waals surface area contributed by atoms with Gasteiger partial charge in [-0.2, -0.15) is 5.10 Å². The van der Waals surface area contributed by atoms with E-state index in [-0.39, 0.29) is 6.61 Å². The second-order valence-corrected chi connectivity index (χ2v) is 6.14. The lowest BCUT2D eigenvalue weighted by atomic mass is 9.96. The molecule has 128 valence electrons. The SMILES string of the molecule is CCC(CC)Cc1nn(CCO)c(N)c1-c1nc2ccccc2[nH]1. The van der Waals surface area contributed by atoms with Crippen molar-refractivity contribution >= 4 is 16.9 Å². The molecule has 3 rings (SSSR count). The summed E-state index contributed by atoms with van der Waals surface area (Å²) in [5.74, 6) is 1.87. The van der Waals surface area contributed by atoms with Gasteiger partial charge in [0.05, 0.1) is 35.4 Å². The highest BCUT2D eigenvalue weighted by molar-refractivity contribution is 5.82. The average molecular weight is 327 g/mol. The molecule has 0 aliphatic heterocycles. The molecule has 6 heteroatoms. The lowest BCUT2D eigenvalue weighted by molar-refractivity contribution is 0.270. The van der Waals surface area contributed by atoms with Gasteiger partial charge in [-0.1, -0.05) is 38.8 Å². The van der Waals surface area contributed by atoms with Gasteiger partial charge in [0, 0.05) is 0 Å². The molecule has 0 aliphatic rings. The molecule has 0 aliphatic carbocycles. The minimum atomic E-state index is 0.00980. The molecule has 0 radical (unpaired) electrons. The molecule has 0 amide bonds. The topological polar surface area (TPSA) is 92.8 Å². The zero-order valence-electron chi connectivity index (χ0n) is 14.3. The van der Waals surface area contributed by atoms with Gasteiger partial charge in [-0.05, 0) is 24.5 Å². The Morgan fingerprint density at radius 1 is 1.25 bits per heavy atom. The summed E-state index contributed by atoms with van der Waals surface area (Å²) in [5, 5.41) is 13.9. The van der Waals surface area contributed by atoms with E-state index in [2.05, 4.69) is 28.9 Å². The Morgan fingerprint density at radius 2 is 2.00 bits per heavy atom. The van der Waals surface area contributed by atoms with Crippen molar-refractivity contribution in [2.24, 2.45) is 5.92 Å². The highest BCUT2D eigenvalue weighted by atomic mass is 16.3. The highest BCUT2D eigenvalue weighted by Crippen LogP contribution is 2.31. The molecule has 3 aromatic rings. The number of H-pyrrole nitrogens is 1. The number of aromatic nitrogens is 4. The minimum Gasteiger partial charge on any atom is -0.394 e. The molecule has 0 unspecified atom stereocenters. The molecule has 0 spiro atoms. The Balaban J connectivity index is 2.09. The first kappa shape index (κ1) is 16.5. The number of nitrogens with one attached hydrogen (secondary N) is 1. The van der Waals surface area contributed by atoms with Gasteiger partial charge in [0.1, 0.15) is 11.6 Å². The Bertz CT molecular complexity index is 783. The Labute approximate surface area is 141 Å². The van der Waals surface area contributed by atoms with Gasteiger partial charge in [0.15, 0.2) is 0 Å². The molecule has 2 heterocycles. The normalized spacial score (nSPS) is 11.7. The minimum absolute atomic E-state index is 0.00980. The third-order valence-electron chi connectivity index (χ3n) is 4.64. The van der Waals surface area contributed by atoms with Crippen LogP contribution < -0.4 is 5.73 Å². The number of nitrogen functional groups attached to an aromatic ring is 1. The van der Waals surface area contributed by atoms with E-state index >= 15 is 0 Å². The molecule has 0 atom stereocenters. The summed E-state index contributed by atoms with van der Waals surface area (Å²) in [6, 6.07) is 7.93. The van der Waals surface area contributed by atoms with Crippen molar-refractivity contribution in [3.05, 3.63) is 30.0 Å². The molecule has 0 bridgehead atoms. The van der Waals surface area contributed by atoms with Gasteiger partial charge in [-0.15, -0.1) is 0 Å². The van der Waals surface area contributed by atoms with E-state index < -0.39 is 0 Å². The van der Waals surface area contributed by atoms with E-state index in [0.29, 0.717) is 18.3 Å². The van der Waals surface area contributed by atoms with Crippen molar-refractivity contribution in [2.45, 2.75) is 39.7 Å². The van der Waals surface area contributed by atoms with E-state index in [1.54, 1.807) is 4.68 Å². The van der Waals surface area contributed by atoms with E-state index in [9.17, 15) is 5.11 Å². The molecular weight excluding hydrogens is 302 g/mol. The molecule has 24 heavy (non-hydrogen) atoms. The number of hydrogen-bond acceptors (Lipinski definition) is 4. The van der Waals surface area contributed by atoms with Crippen molar-refractivity contribution in [3.8, 4) is 11.4 Å². The average Bonchev–Trinajstić information content (AvgIpc) is 3.14. The van der Waals surface area contributed by atoms with Gasteiger partial charge in [-0.3, -0.25) is 0 Å². The first-order valence-corrected chi connectivity index (χ1v) is 8.59. The molecule has 4 N–H and O–H groups in total. The third-order valence-corrected chi connectivity index (χ3v) is 4.64. The predicted octanol–water partition coefficient (Wildman–Crippen LogP) is 2.98. The lowest BCUT2D eigenvalue weighted by Crippen LogP contribution is -2.08. The third kappa shape index (κ3) is 3.01. The fraction of sp³-hybridized carbons (Fsp3) is 0.444. The largest absolute Gasteiger partial charge is 0.394 e. The number of aliphatic hydroxyl groups excluding tert-OH is 1. The van der Waals surface area contributed by atoms with Crippen LogP contribution in [0, 0.1) is 5.92 Å². The Morgan fingerprint density at radius 3 is 2.67 bits per heavy atom. The molecule has 1 aromatic carbocycles.